The molecule has 2 heterocycles. The van der Waals surface area contributed by atoms with Crippen LogP contribution in [0.4, 0.5) is 5.13 Å². The Kier molecular flexibility index (Phi) is 7.09. The fourth-order valence-corrected chi connectivity index (χ4v) is 4.86. The number of aromatic nitrogens is 1. The van der Waals surface area contributed by atoms with E-state index in [4.69, 9.17) is 37.1 Å². The number of para-hydroxylation sites is 1. The number of carbonyl (C=O) groups excluding carboxylic acids is 1. The molecule has 37 heavy (non-hydrogen) atoms. The van der Waals surface area contributed by atoms with Crippen molar-refractivity contribution in [2.45, 2.75) is 0 Å². The Morgan fingerprint density at radius 2 is 2.00 bits per heavy atom. The third-order valence-corrected chi connectivity index (χ3v) is 6.79. The van der Waals surface area contributed by atoms with E-state index in [1.807, 2.05) is 6.07 Å². The van der Waals surface area contributed by atoms with E-state index in [-0.39, 0.29) is 26.9 Å². The summed E-state index contributed by atoms with van der Waals surface area (Å²) in [4.78, 5) is 30.7. The summed E-state index contributed by atoms with van der Waals surface area (Å²) in [6.07, 6.45) is 2.56. The molecule has 5 rings (SSSR count). The van der Waals surface area contributed by atoms with Crippen LogP contribution in [0.2, 0.25) is 10.0 Å². The summed E-state index contributed by atoms with van der Waals surface area (Å²) in [5.41, 5.74) is 0.990. The van der Waals surface area contributed by atoms with E-state index in [0.29, 0.717) is 27.3 Å². The predicted octanol–water partition coefficient (Wildman–Crippen LogP) is 6.16. The van der Waals surface area contributed by atoms with Crippen molar-refractivity contribution in [2.24, 2.45) is 5.10 Å². The third kappa shape index (κ3) is 5.29. The second-order valence-corrected chi connectivity index (χ2v) is 9.51. The number of nitrogens with zero attached hydrogens (tertiary/aromatic N) is 3. The number of hydrazone groups is 1. The van der Waals surface area contributed by atoms with Gasteiger partial charge >= 0.3 is 0 Å². The molecule has 0 radical (unpaired) electrons. The molecule has 3 aromatic carbocycles. The van der Waals surface area contributed by atoms with Crippen LogP contribution >= 0.6 is 34.5 Å². The predicted molar refractivity (Wildman–Crippen MR) is 146 cm³/mol. The van der Waals surface area contributed by atoms with Gasteiger partial charge in [-0.25, -0.2) is 4.98 Å². The SMILES string of the molecule is COc1ccc2nc(N(/N=C/c3coc4ccccc4c3=O)C(=O)COc3ccc(Cl)cc3Cl)sc2c1. The second kappa shape index (κ2) is 10.6. The molecule has 1 amide bonds. The number of hydrogen-bond donors (Lipinski definition) is 0. The molecule has 0 unspecified atom stereocenters. The Balaban J connectivity index is 1.49. The number of ether oxygens (including phenoxy) is 2. The Labute approximate surface area is 224 Å². The van der Waals surface area contributed by atoms with E-state index in [0.717, 1.165) is 9.71 Å². The molecule has 0 N–H and O–H groups in total. The number of hydrogen-bond acceptors (Lipinski definition) is 8. The third-order valence-electron chi connectivity index (χ3n) is 5.27. The van der Waals surface area contributed by atoms with Crippen molar-refractivity contribution in [1.82, 2.24) is 4.98 Å². The lowest BCUT2D eigenvalue weighted by Gasteiger charge is -2.15. The van der Waals surface area contributed by atoms with Gasteiger partial charge in [0, 0.05) is 5.02 Å². The lowest BCUT2D eigenvalue weighted by molar-refractivity contribution is -0.120. The van der Waals surface area contributed by atoms with Crippen molar-refractivity contribution >= 4 is 73.0 Å². The van der Waals surface area contributed by atoms with Gasteiger partial charge in [-0.3, -0.25) is 9.59 Å². The van der Waals surface area contributed by atoms with Gasteiger partial charge in [-0.2, -0.15) is 10.1 Å². The fourth-order valence-electron chi connectivity index (χ4n) is 3.43. The number of amides is 1. The molecule has 0 aliphatic carbocycles. The summed E-state index contributed by atoms with van der Waals surface area (Å²) < 4.78 is 17.2. The van der Waals surface area contributed by atoms with Gasteiger partial charge in [-0.1, -0.05) is 46.7 Å². The second-order valence-electron chi connectivity index (χ2n) is 7.66. The summed E-state index contributed by atoms with van der Waals surface area (Å²) in [5.74, 6) is 0.393. The maximum absolute atomic E-state index is 13.3. The maximum Gasteiger partial charge on any atom is 0.287 e. The topological polar surface area (TPSA) is 94.2 Å². The number of rotatable bonds is 7. The molecule has 5 aromatic rings. The molecular weight excluding hydrogens is 537 g/mol. The minimum absolute atomic E-state index is 0.168. The molecule has 0 spiro atoms. The van der Waals surface area contributed by atoms with Gasteiger partial charge in [0.25, 0.3) is 5.91 Å². The summed E-state index contributed by atoms with van der Waals surface area (Å²) in [6.45, 7) is -0.399. The van der Waals surface area contributed by atoms with Crippen LogP contribution in [0.3, 0.4) is 0 Å². The average molecular weight is 554 g/mol. The van der Waals surface area contributed by atoms with Crippen LogP contribution in [-0.4, -0.2) is 30.8 Å². The molecule has 0 saturated heterocycles. The first-order chi connectivity index (χ1) is 17.9. The molecule has 0 bridgehead atoms. The molecule has 0 atom stereocenters. The lowest BCUT2D eigenvalue weighted by atomic mass is 10.2. The molecule has 8 nitrogen and oxygen atoms in total. The number of methoxy groups -OCH3 is 1. The van der Waals surface area contributed by atoms with Crippen molar-refractivity contribution in [3.05, 3.63) is 92.8 Å². The quantitative estimate of drug-likeness (QED) is 0.177. The van der Waals surface area contributed by atoms with E-state index in [2.05, 4.69) is 10.1 Å². The average Bonchev–Trinajstić information content (AvgIpc) is 3.32. The summed E-state index contributed by atoms with van der Waals surface area (Å²) in [5, 5.41) is 6.76. The number of carbonyl (C=O) groups is 1. The van der Waals surface area contributed by atoms with Gasteiger partial charge in [0.2, 0.25) is 10.6 Å². The van der Waals surface area contributed by atoms with Crippen molar-refractivity contribution in [1.29, 1.82) is 0 Å². The van der Waals surface area contributed by atoms with Crippen molar-refractivity contribution in [3.8, 4) is 11.5 Å². The van der Waals surface area contributed by atoms with E-state index in [1.54, 1.807) is 55.6 Å². The summed E-state index contributed by atoms with van der Waals surface area (Å²) >= 11 is 13.3. The first kappa shape index (κ1) is 24.8. The fraction of sp³-hybridized carbons (Fsp3) is 0.0769. The van der Waals surface area contributed by atoms with Gasteiger partial charge < -0.3 is 13.9 Å². The smallest absolute Gasteiger partial charge is 0.287 e. The minimum atomic E-state index is -0.543. The standard InChI is InChI=1S/C26H17Cl2N3O5S/c1-34-17-7-8-20-23(11-17)37-26(30-20)31(24(32)14-36-22-9-6-16(27)10-19(22)28)29-12-15-13-35-21-5-3-2-4-18(21)25(15)33/h2-13H,14H2,1H3/b29-12+. The normalized spacial score (nSPS) is 11.3. The Morgan fingerprint density at radius 1 is 1.16 bits per heavy atom. The molecule has 0 saturated carbocycles. The lowest BCUT2D eigenvalue weighted by Crippen LogP contribution is -2.31. The maximum atomic E-state index is 13.3. The molecule has 0 aliphatic heterocycles. The zero-order valence-electron chi connectivity index (χ0n) is 19.2. The van der Waals surface area contributed by atoms with Crippen LogP contribution < -0.4 is 19.9 Å². The van der Waals surface area contributed by atoms with E-state index >= 15 is 0 Å². The van der Waals surface area contributed by atoms with Crippen LogP contribution in [0, 0.1) is 0 Å². The van der Waals surface area contributed by atoms with E-state index in [9.17, 15) is 9.59 Å². The number of fused-ring (bicyclic) bond motifs is 2. The van der Waals surface area contributed by atoms with Crippen molar-refractivity contribution in [2.75, 3.05) is 18.7 Å². The van der Waals surface area contributed by atoms with Gasteiger partial charge in [-0.15, -0.1) is 0 Å². The highest BCUT2D eigenvalue weighted by atomic mass is 35.5. The number of benzene rings is 3. The number of halogens is 2. The van der Waals surface area contributed by atoms with Gasteiger partial charge in [0.15, 0.2) is 6.61 Å². The van der Waals surface area contributed by atoms with Crippen LogP contribution in [-0.2, 0) is 4.79 Å². The number of anilines is 1. The van der Waals surface area contributed by atoms with Gasteiger partial charge in [-0.05, 0) is 48.5 Å². The highest BCUT2D eigenvalue weighted by Gasteiger charge is 2.21. The van der Waals surface area contributed by atoms with Gasteiger partial charge in [0.05, 0.1) is 39.5 Å². The molecule has 186 valence electrons. The van der Waals surface area contributed by atoms with Gasteiger partial charge in [0.1, 0.15) is 23.3 Å². The molecule has 2 aromatic heterocycles. The summed E-state index contributed by atoms with van der Waals surface area (Å²) in [6, 6.07) is 16.9. The van der Waals surface area contributed by atoms with Crippen LogP contribution in [0.5, 0.6) is 11.5 Å². The van der Waals surface area contributed by atoms with Crippen LogP contribution in [0.25, 0.3) is 21.2 Å². The Morgan fingerprint density at radius 3 is 2.81 bits per heavy atom. The first-order valence-corrected chi connectivity index (χ1v) is 12.4. The largest absolute Gasteiger partial charge is 0.497 e. The van der Waals surface area contributed by atoms with Crippen LogP contribution in [0.15, 0.2) is 81.2 Å². The highest BCUT2D eigenvalue weighted by Crippen LogP contribution is 2.32. The van der Waals surface area contributed by atoms with Crippen molar-refractivity contribution < 1.29 is 18.7 Å². The molecule has 11 heteroatoms. The van der Waals surface area contributed by atoms with E-state index < -0.39 is 12.5 Å². The van der Waals surface area contributed by atoms with Crippen LogP contribution in [0.1, 0.15) is 5.56 Å². The molecule has 0 fully saturated rings. The zero-order valence-corrected chi connectivity index (χ0v) is 21.5. The molecular formula is C26H17Cl2N3O5S. The Hall–Kier alpha value is -3.92. The van der Waals surface area contributed by atoms with Crippen molar-refractivity contribution in [3.63, 3.8) is 0 Å². The molecule has 0 aliphatic rings. The highest BCUT2D eigenvalue weighted by molar-refractivity contribution is 7.22. The number of thiazole rings is 1. The monoisotopic (exact) mass is 553 g/mol. The summed E-state index contributed by atoms with van der Waals surface area (Å²) in [7, 11) is 1.57. The minimum Gasteiger partial charge on any atom is -0.497 e. The first-order valence-electron chi connectivity index (χ1n) is 10.8. The zero-order chi connectivity index (χ0) is 25.9. The Bertz CT molecular complexity index is 1720. The van der Waals surface area contributed by atoms with E-state index in [1.165, 1.54) is 29.9 Å².